The standard InChI is InChI=1S/C9H14BrN3S/c1-2-4-12-9(11)13-6-8-7(10)3-5-14-8/h3,5H,2,4,6H2,1H3,(H3,11,12,13). The van der Waals surface area contributed by atoms with Crippen molar-refractivity contribution < 1.29 is 0 Å². The molecule has 5 heteroatoms. The first-order chi connectivity index (χ1) is 6.74. The summed E-state index contributed by atoms with van der Waals surface area (Å²) in [5.41, 5.74) is 5.65. The van der Waals surface area contributed by atoms with Gasteiger partial charge in [0.15, 0.2) is 5.96 Å². The maximum Gasteiger partial charge on any atom is 0.188 e. The molecule has 1 aromatic heterocycles. The molecule has 0 radical (unpaired) electrons. The van der Waals surface area contributed by atoms with Gasteiger partial charge in [-0.1, -0.05) is 6.92 Å². The first-order valence-electron chi connectivity index (χ1n) is 4.49. The molecule has 0 saturated heterocycles. The second-order valence-electron chi connectivity index (χ2n) is 2.82. The number of rotatable bonds is 4. The number of thiophene rings is 1. The van der Waals surface area contributed by atoms with Crippen LogP contribution in [-0.4, -0.2) is 12.5 Å². The Morgan fingerprint density at radius 2 is 2.50 bits per heavy atom. The summed E-state index contributed by atoms with van der Waals surface area (Å²) < 4.78 is 1.11. The van der Waals surface area contributed by atoms with E-state index in [9.17, 15) is 0 Å². The Balaban J connectivity index is 2.42. The maximum atomic E-state index is 5.65. The van der Waals surface area contributed by atoms with Crippen LogP contribution in [0.15, 0.2) is 20.9 Å². The predicted molar refractivity (Wildman–Crippen MR) is 65.6 cm³/mol. The largest absolute Gasteiger partial charge is 0.370 e. The summed E-state index contributed by atoms with van der Waals surface area (Å²) in [6, 6.07) is 2.02. The van der Waals surface area contributed by atoms with Crippen LogP contribution in [0.25, 0.3) is 0 Å². The van der Waals surface area contributed by atoms with Crippen LogP contribution in [-0.2, 0) is 6.54 Å². The molecule has 0 aliphatic carbocycles. The lowest BCUT2D eigenvalue weighted by molar-refractivity contribution is 0.826. The van der Waals surface area contributed by atoms with E-state index in [0.717, 1.165) is 17.4 Å². The molecular formula is C9H14BrN3S. The highest BCUT2D eigenvalue weighted by molar-refractivity contribution is 9.10. The van der Waals surface area contributed by atoms with Crippen LogP contribution in [0.3, 0.4) is 0 Å². The van der Waals surface area contributed by atoms with Crippen LogP contribution in [0.1, 0.15) is 18.2 Å². The van der Waals surface area contributed by atoms with Crippen LogP contribution < -0.4 is 11.1 Å². The van der Waals surface area contributed by atoms with Gasteiger partial charge in [0, 0.05) is 15.9 Å². The molecule has 3 nitrogen and oxygen atoms in total. The molecule has 1 aromatic rings. The van der Waals surface area contributed by atoms with Crippen molar-refractivity contribution in [3.05, 3.63) is 20.8 Å². The zero-order valence-corrected chi connectivity index (χ0v) is 10.5. The lowest BCUT2D eigenvalue weighted by atomic mass is 10.5. The van der Waals surface area contributed by atoms with Gasteiger partial charge >= 0.3 is 0 Å². The number of hydrogen-bond acceptors (Lipinski definition) is 2. The highest BCUT2D eigenvalue weighted by Crippen LogP contribution is 2.22. The van der Waals surface area contributed by atoms with Crippen molar-refractivity contribution >= 4 is 33.2 Å². The Morgan fingerprint density at radius 3 is 3.07 bits per heavy atom. The molecule has 0 aliphatic heterocycles. The quantitative estimate of drug-likeness (QED) is 0.655. The third kappa shape index (κ3) is 3.67. The lowest BCUT2D eigenvalue weighted by Crippen LogP contribution is -2.32. The van der Waals surface area contributed by atoms with Gasteiger partial charge in [-0.3, -0.25) is 0 Å². The van der Waals surface area contributed by atoms with Gasteiger partial charge in [-0.15, -0.1) is 11.3 Å². The van der Waals surface area contributed by atoms with Gasteiger partial charge in [0.25, 0.3) is 0 Å². The van der Waals surface area contributed by atoms with Gasteiger partial charge in [-0.25, -0.2) is 4.99 Å². The van der Waals surface area contributed by atoms with E-state index >= 15 is 0 Å². The first kappa shape index (κ1) is 11.5. The van der Waals surface area contributed by atoms with Gasteiger partial charge in [0.1, 0.15) is 0 Å². The van der Waals surface area contributed by atoms with Gasteiger partial charge in [0.2, 0.25) is 0 Å². The van der Waals surface area contributed by atoms with Gasteiger partial charge in [-0.05, 0) is 33.8 Å². The molecular weight excluding hydrogens is 262 g/mol. The predicted octanol–water partition coefficient (Wildman–Crippen LogP) is 2.32. The van der Waals surface area contributed by atoms with Crippen LogP contribution in [0, 0.1) is 0 Å². The number of guanidine groups is 1. The summed E-state index contributed by atoms with van der Waals surface area (Å²) in [5, 5.41) is 5.06. The van der Waals surface area contributed by atoms with Crippen molar-refractivity contribution in [1.29, 1.82) is 0 Å². The summed E-state index contributed by atoms with van der Waals surface area (Å²) in [4.78, 5) is 5.43. The average Bonchev–Trinajstić information content (AvgIpc) is 2.58. The number of nitrogens with one attached hydrogen (secondary N) is 1. The van der Waals surface area contributed by atoms with Gasteiger partial charge < -0.3 is 11.1 Å². The Kier molecular flexibility index (Phi) is 4.97. The van der Waals surface area contributed by atoms with E-state index < -0.39 is 0 Å². The van der Waals surface area contributed by atoms with Crippen molar-refractivity contribution in [1.82, 2.24) is 5.32 Å². The molecule has 3 N–H and O–H groups in total. The summed E-state index contributed by atoms with van der Waals surface area (Å²) in [6.07, 6.45) is 1.05. The number of hydrogen-bond donors (Lipinski definition) is 2. The van der Waals surface area contributed by atoms with Crippen LogP contribution in [0.2, 0.25) is 0 Å². The fourth-order valence-corrected chi connectivity index (χ4v) is 2.30. The minimum absolute atomic E-state index is 0.521. The summed E-state index contributed by atoms with van der Waals surface area (Å²) in [6.45, 7) is 3.61. The smallest absolute Gasteiger partial charge is 0.188 e. The Labute approximate surface area is 96.5 Å². The van der Waals surface area contributed by atoms with Crippen molar-refractivity contribution in [3.63, 3.8) is 0 Å². The second-order valence-corrected chi connectivity index (χ2v) is 4.67. The third-order valence-electron chi connectivity index (χ3n) is 1.64. The molecule has 1 heterocycles. The molecule has 78 valence electrons. The summed E-state index contributed by atoms with van der Waals surface area (Å²) in [7, 11) is 0. The van der Waals surface area contributed by atoms with Crippen LogP contribution in [0.5, 0.6) is 0 Å². The number of halogens is 1. The maximum absolute atomic E-state index is 5.65. The van der Waals surface area contributed by atoms with Crippen molar-refractivity contribution in [2.75, 3.05) is 6.54 Å². The van der Waals surface area contributed by atoms with Gasteiger partial charge in [-0.2, -0.15) is 0 Å². The Morgan fingerprint density at radius 1 is 1.71 bits per heavy atom. The minimum atomic E-state index is 0.521. The third-order valence-corrected chi connectivity index (χ3v) is 3.55. The van der Waals surface area contributed by atoms with E-state index in [1.807, 2.05) is 11.4 Å². The monoisotopic (exact) mass is 275 g/mol. The Bertz CT molecular complexity index is 309. The molecule has 0 aromatic carbocycles. The van der Waals surface area contributed by atoms with Crippen molar-refractivity contribution in [2.45, 2.75) is 19.9 Å². The normalized spacial score (nSPS) is 11.7. The van der Waals surface area contributed by atoms with E-state index in [-0.39, 0.29) is 0 Å². The molecule has 0 amide bonds. The van der Waals surface area contributed by atoms with Crippen LogP contribution >= 0.6 is 27.3 Å². The Hall–Kier alpha value is -0.550. The zero-order valence-electron chi connectivity index (χ0n) is 8.09. The SMILES string of the molecule is CCCNC(N)=NCc1sccc1Br. The second kappa shape index (κ2) is 6.03. The van der Waals surface area contributed by atoms with Crippen molar-refractivity contribution in [2.24, 2.45) is 10.7 Å². The first-order valence-corrected chi connectivity index (χ1v) is 6.17. The topological polar surface area (TPSA) is 50.4 Å². The molecule has 0 saturated carbocycles. The molecule has 1 rings (SSSR count). The molecule has 0 fully saturated rings. The summed E-state index contributed by atoms with van der Waals surface area (Å²) in [5.74, 6) is 0.521. The average molecular weight is 276 g/mol. The van der Waals surface area contributed by atoms with E-state index in [1.165, 1.54) is 4.88 Å². The molecule has 0 bridgehead atoms. The summed E-state index contributed by atoms with van der Waals surface area (Å²) >= 11 is 5.13. The zero-order chi connectivity index (χ0) is 10.4. The number of nitrogens with two attached hydrogens (primary N) is 1. The lowest BCUT2D eigenvalue weighted by Gasteiger charge is -2.02. The van der Waals surface area contributed by atoms with E-state index in [1.54, 1.807) is 11.3 Å². The molecule has 0 aliphatic rings. The van der Waals surface area contributed by atoms with Crippen molar-refractivity contribution in [3.8, 4) is 0 Å². The molecule has 0 spiro atoms. The van der Waals surface area contributed by atoms with E-state index in [2.05, 4.69) is 33.2 Å². The molecule has 14 heavy (non-hydrogen) atoms. The van der Waals surface area contributed by atoms with E-state index in [0.29, 0.717) is 12.5 Å². The highest BCUT2D eigenvalue weighted by Gasteiger charge is 1.99. The van der Waals surface area contributed by atoms with Gasteiger partial charge in [0.05, 0.1) is 6.54 Å². The molecule has 0 atom stereocenters. The molecule has 0 unspecified atom stereocenters. The number of nitrogens with zero attached hydrogens (tertiary/aromatic N) is 1. The number of aliphatic imine (C=N–C) groups is 1. The highest BCUT2D eigenvalue weighted by atomic mass is 79.9. The minimum Gasteiger partial charge on any atom is -0.370 e. The fourth-order valence-electron chi connectivity index (χ4n) is 0.904. The fraction of sp³-hybridized carbons (Fsp3) is 0.444. The van der Waals surface area contributed by atoms with E-state index in [4.69, 9.17) is 5.73 Å². The van der Waals surface area contributed by atoms with Crippen LogP contribution in [0.4, 0.5) is 0 Å².